The summed E-state index contributed by atoms with van der Waals surface area (Å²) >= 11 is 0. The van der Waals surface area contributed by atoms with Gasteiger partial charge in [-0.15, -0.1) is 0 Å². The van der Waals surface area contributed by atoms with Gasteiger partial charge in [0, 0.05) is 48.9 Å². The number of rotatable bonds is 7. The Morgan fingerprint density at radius 3 is 2.56 bits per heavy atom. The standard InChI is InChI=1S/C27H39N3O2/c1-8-30(22-12-14-27(6,32-7)15-13-22)25-11-9-10-23(20(25)4)26(31)28-17-24-18(2)16-19(3)29-21(24)5/h9-11,16,22,29H,5,8,12-15,17H2,1-4,6-7H3,(H,28,31). The monoisotopic (exact) mass is 437 g/mol. The van der Waals surface area contributed by atoms with Crippen LogP contribution in [0.1, 0.15) is 69.3 Å². The third-order valence-corrected chi connectivity index (χ3v) is 7.19. The van der Waals surface area contributed by atoms with E-state index in [0.717, 1.165) is 71.6 Å². The molecule has 1 aromatic rings. The molecule has 32 heavy (non-hydrogen) atoms. The molecular weight excluding hydrogens is 398 g/mol. The quantitative estimate of drug-likeness (QED) is 0.613. The van der Waals surface area contributed by atoms with Gasteiger partial charge in [-0.25, -0.2) is 0 Å². The first-order valence-corrected chi connectivity index (χ1v) is 11.7. The van der Waals surface area contributed by atoms with Crippen molar-refractivity contribution < 1.29 is 9.53 Å². The first-order chi connectivity index (χ1) is 15.2. The highest BCUT2D eigenvalue weighted by Gasteiger charge is 2.33. The number of ether oxygens (including phenoxy) is 1. The molecule has 0 saturated heterocycles. The fourth-order valence-electron chi connectivity index (χ4n) is 5.04. The second-order valence-electron chi connectivity index (χ2n) is 9.40. The molecule has 1 heterocycles. The third-order valence-electron chi connectivity index (χ3n) is 7.19. The molecule has 1 saturated carbocycles. The van der Waals surface area contributed by atoms with Crippen molar-refractivity contribution in [2.24, 2.45) is 0 Å². The Hall–Kier alpha value is -2.53. The lowest BCUT2D eigenvalue weighted by atomic mass is 9.82. The Morgan fingerprint density at radius 1 is 1.28 bits per heavy atom. The molecule has 174 valence electrons. The SMILES string of the molecule is C=C1NC(C)=CC(C)=C1CNC(=O)c1cccc(N(CC)C2CCC(C)(OC)CC2)c1C. The number of hydrogen-bond donors (Lipinski definition) is 2. The summed E-state index contributed by atoms with van der Waals surface area (Å²) in [6.45, 7) is 16.0. The average Bonchev–Trinajstić information content (AvgIpc) is 2.76. The maximum Gasteiger partial charge on any atom is 0.251 e. The Morgan fingerprint density at radius 2 is 1.97 bits per heavy atom. The van der Waals surface area contributed by atoms with Crippen LogP contribution in [0.4, 0.5) is 5.69 Å². The van der Waals surface area contributed by atoms with Crippen LogP contribution in [0.25, 0.3) is 0 Å². The van der Waals surface area contributed by atoms with E-state index in [1.54, 1.807) is 0 Å². The van der Waals surface area contributed by atoms with Crippen LogP contribution in [-0.2, 0) is 4.74 Å². The van der Waals surface area contributed by atoms with E-state index in [-0.39, 0.29) is 11.5 Å². The summed E-state index contributed by atoms with van der Waals surface area (Å²) in [6.07, 6.45) is 6.40. The summed E-state index contributed by atoms with van der Waals surface area (Å²) in [5.41, 5.74) is 7.01. The molecule has 3 rings (SSSR count). The number of amides is 1. The number of allylic oxidation sites excluding steroid dienone is 3. The van der Waals surface area contributed by atoms with Gasteiger partial charge in [0.05, 0.1) is 5.60 Å². The largest absolute Gasteiger partial charge is 0.379 e. The number of carbonyl (C=O) groups is 1. The summed E-state index contributed by atoms with van der Waals surface area (Å²) in [7, 11) is 1.82. The van der Waals surface area contributed by atoms with Crippen LogP contribution in [0.2, 0.25) is 0 Å². The smallest absolute Gasteiger partial charge is 0.251 e. The van der Waals surface area contributed by atoms with Crippen molar-refractivity contribution in [3.05, 3.63) is 64.5 Å². The van der Waals surface area contributed by atoms with Crippen molar-refractivity contribution in [3.8, 4) is 0 Å². The van der Waals surface area contributed by atoms with E-state index in [4.69, 9.17) is 4.74 Å². The van der Waals surface area contributed by atoms with E-state index in [0.29, 0.717) is 12.6 Å². The maximum absolute atomic E-state index is 13.1. The number of benzene rings is 1. The lowest BCUT2D eigenvalue weighted by Crippen LogP contribution is -2.43. The van der Waals surface area contributed by atoms with E-state index in [9.17, 15) is 4.79 Å². The van der Waals surface area contributed by atoms with E-state index < -0.39 is 0 Å². The molecule has 5 heteroatoms. The van der Waals surface area contributed by atoms with Crippen molar-refractivity contribution in [3.63, 3.8) is 0 Å². The molecule has 0 bridgehead atoms. The van der Waals surface area contributed by atoms with Crippen molar-refractivity contribution in [2.75, 3.05) is 25.1 Å². The summed E-state index contributed by atoms with van der Waals surface area (Å²) in [6, 6.07) is 6.54. The molecule has 0 spiro atoms. The molecule has 1 aliphatic carbocycles. The molecule has 2 N–H and O–H groups in total. The van der Waals surface area contributed by atoms with Gasteiger partial charge >= 0.3 is 0 Å². The Balaban J connectivity index is 1.75. The zero-order valence-corrected chi connectivity index (χ0v) is 20.6. The van der Waals surface area contributed by atoms with Crippen molar-refractivity contribution in [1.29, 1.82) is 0 Å². The van der Waals surface area contributed by atoms with Crippen LogP contribution in [0.15, 0.2) is 53.4 Å². The van der Waals surface area contributed by atoms with Gasteiger partial charge in [0.25, 0.3) is 5.91 Å². The highest BCUT2D eigenvalue weighted by Crippen LogP contribution is 2.36. The van der Waals surface area contributed by atoms with Crippen molar-refractivity contribution in [1.82, 2.24) is 10.6 Å². The molecule has 1 aliphatic heterocycles. The minimum Gasteiger partial charge on any atom is -0.379 e. The van der Waals surface area contributed by atoms with Crippen LogP contribution in [0.5, 0.6) is 0 Å². The van der Waals surface area contributed by atoms with Gasteiger partial charge in [-0.3, -0.25) is 4.79 Å². The van der Waals surface area contributed by atoms with Crippen LogP contribution in [0.3, 0.4) is 0 Å². The number of nitrogens with zero attached hydrogens (tertiary/aromatic N) is 1. The zero-order valence-electron chi connectivity index (χ0n) is 20.6. The third kappa shape index (κ3) is 5.09. The molecule has 0 radical (unpaired) electrons. The molecular formula is C27H39N3O2. The van der Waals surface area contributed by atoms with Crippen LogP contribution in [-0.4, -0.2) is 37.7 Å². The first-order valence-electron chi connectivity index (χ1n) is 11.7. The van der Waals surface area contributed by atoms with Crippen LogP contribution < -0.4 is 15.5 Å². The van der Waals surface area contributed by atoms with Gasteiger partial charge in [0.1, 0.15) is 0 Å². The summed E-state index contributed by atoms with van der Waals surface area (Å²) < 4.78 is 5.73. The second kappa shape index (κ2) is 9.95. The molecule has 2 aliphatic rings. The first kappa shape index (κ1) is 24.1. The highest BCUT2D eigenvalue weighted by atomic mass is 16.5. The average molecular weight is 438 g/mol. The molecule has 0 atom stereocenters. The maximum atomic E-state index is 13.1. The summed E-state index contributed by atoms with van der Waals surface area (Å²) in [5, 5.41) is 6.36. The normalized spacial score (nSPS) is 23.5. The van der Waals surface area contributed by atoms with E-state index in [1.807, 2.05) is 26.2 Å². The fourth-order valence-corrected chi connectivity index (χ4v) is 5.04. The molecule has 0 unspecified atom stereocenters. The predicted molar refractivity (Wildman–Crippen MR) is 133 cm³/mol. The van der Waals surface area contributed by atoms with Gasteiger partial charge in [0.15, 0.2) is 0 Å². The van der Waals surface area contributed by atoms with Gasteiger partial charge in [0.2, 0.25) is 0 Å². The van der Waals surface area contributed by atoms with Crippen LogP contribution in [0, 0.1) is 6.92 Å². The molecule has 5 nitrogen and oxygen atoms in total. The van der Waals surface area contributed by atoms with Gasteiger partial charge in [-0.1, -0.05) is 12.6 Å². The molecule has 1 fully saturated rings. The number of carbonyl (C=O) groups excluding carboxylic acids is 1. The number of methoxy groups -OCH3 is 1. The Labute approximate surface area is 193 Å². The Kier molecular flexibility index (Phi) is 7.50. The number of nitrogens with one attached hydrogen (secondary N) is 2. The van der Waals surface area contributed by atoms with E-state index in [2.05, 4.69) is 61.9 Å². The summed E-state index contributed by atoms with van der Waals surface area (Å²) in [5.74, 6) is -0.0459. The fraction of sp³-hybridized carbons (Fsp3) is 0.519. The molecule has 0 aromatic heterocycles. The highest BCUT2D eigenvalue weighted by molar-refractivity contribution is 5.97. The van der Waals surface area contributed by atoms with Crippen molar-refractivity contribution >= 4 is 11.6 Å². The number of dihydropyridines is 1. The lowest BCUT2D eigenvalue weighted by molar-refractivity contribution is -0.0270. The van der Waals surface area contributed by atoms with Crippen molar-refractivity contribution in [2.45, 2.75) is 71.9 Å². The minimum absolute atomic E-state index is 0.00871. The minimum atomic E-state index is -0.0459. The van der Waals surface area contributed by atoms with Gasteiger partial charge in [-0.05, 0) is 95.2 Å². The number of hydrogen-bond acceptors (Lipinski definition) is 4. The molecule has 1 aromatic carbocycles. The zero-order chi connectivity index (χ0) is 23.5. The van der Waals surface area contributed by atoms with Gasteiger partial charge in [-0.2, -0.15) is 0 Å². The number of anilines is 1. The lowest BCUT2D eigenvalue weighted by Gasteiger charge is -2.42. The summed E-state index contributed by atoms with van der Waals surface area (Å²) in [4.78, 5) is 15.6. The molecule has 1 amide bonds. The van der Waals surface area contributed by atoms with E-state index in [1.165, 1.54) is 0 Å². The Bertz CT molecular complexity index is 936. The predicted octanol–water partition coefficient (Wildman–Crippen LogP) is 5.24. The topological polar surface area (TPSA) is 53.6 Å². The van der Waals surface area contributed by atoms with Gasteiger partial charge < -0.3 is 20.3 Å². The second-order valence-corrected chi connectivity index (χ2v) is 9.40. The van der Waals surface area contributed by atoms with E-state index >= 15 is 0 Å². The van der Waals surface area contributed by atoms with Crippen LogP contribution >= 0.6 is 0 Å².